The summed E-state index contributed by atoms with van der Waals surface area (Å²) < 4.78 is 0. The molecule has 1 aliphatic rings. The van der Waals surface area contributed by atoms with E-state index in [0.717, 1.165) is 18.8 Å². The Morgan fingerprint density at radius 2 is 2.50 bits per heavy atom. The van der Waals surface area contributed by atoms with Crippen molar-refractivity contribution in [2.45, 2.75) is 12.2 Å². The molecule has 1 fully saturated rings. The maximum absolute atomic E-state index is 11.2. The molecule has 0 spiro atoms. The maximum Gasteiger partial charge on any atom is 0.341 e. The van der Waals surface area contributed by atoms with Crippen LogP contribution in [0.25, 0.3) is 0 Å². The highest BCUT2D eigenvalue weighted by Gasteiger charge is 2.20. The Labute approximate surface area is 76.6 Å². The summed E-state index contributed by atoms with van der Waals surface area (Å²) in [5.41, 5.74) is 2.31. The summed E-state index contributed by atoms with van der Waals surface area (Å²) in [7, 11) is 1.44. The standard InChI is InChI=1S/C7H14N2O2S/c1-6-5-9(3-4-12-6)7(10)8-11-2/h6H,3-5H2,1-2H3,(H,8,10). The Hall–Kier alpha value is -0.420. The molecule has 1 unspecified atom stereocenters. The highest BCUT2D eigenvalue weighted by atomic mass is 32.2. The zero-order valence-electron chi connectivity index (χ0n) is 7.37. The van der Waals surface area contributed by atoms with Crippen molar-refractivity contribution >= 4 is 17.8 Å². The van der Waals surface area contributed by atoms with Crippen LogP contribution in [0.1, 0.15) is 6.92 Å². The first kappa shape index (κ1) is 9.67. The van der Waals surface area contributed by atoms with Crippen LogP contribution in [0.5, 0.6) is 0 Å². The average Bonchev–Trinajstić information content (AvgIpc) is 2.05. The van der Waals surface area contributed by atoms with Gasteiger partial charge in [0.2, 0.25) is 0 Å². The summed E-state index contributed by atoms with van der Waals surface area (Å²) in [6.45, 7) is 3.74. The van der Waals surface area contributed by atoms with Gasteiger partial charge in [-0.1, -0.05) is 6.92 Å². The third-order valence-electron chi connectivity index (χ3n) is 1.72. The molecule has 1 atom stereocenters. The quantitative estimate of drug-likeness (QED) is 0.619. The second-order valence-corrected chi connectivity index (χ2v) is 4.29. The lowest BCUT2D eigenvalue weighted by Gasteiger charge is -2.29. The van der Waals surface area contributed by atoms with E-state index in [1.807, 2.05) is 11.8 Å². The monoisotopic (exact) mass is 190 g/mol. The molecule has 1 N–H and O–H groups in total. The molecule has 5 heteroatoms. The molecule has 12 heavy (non-hydrogen) atoms. The molecule has 1 rings (SSSR count). The van der Waals surface area contributed by atoms with Gasteiger partial charge in [0.25, 0.3) is 0 Å². The first-order valence-corrected chi connectivity index (χ1v) is 4.98. The number of carbonyl (C=O) groups excluding carboxylic acids is 1. The fraction of sp³-hybridized carbons (Fsp3) is 0.857. The van der Waals surface area contributed by atoms with E-state index in [4.69, 9.17) is 0 Å². The van der Waals surface area contributed by atoms with Crippen LogP contribution in [0.15, 0.2) is 0 Å². The molecule has 0 saturated carbocycles. The lowest BCUT2D eigenvalue weighted by atomic mass is 10.4. The number of urea groups is 1. The number of carbonyl (C=O) groups is 1. The second kappa shape index (κ2) is 4.57. The third-order valence-corrected chi connectivity index (χ3v) is 2.85. The second-order valence-electron chi connectivity index (χ2n) is 2.74. The van der Waals surface area contributed by atoms with Gasteiger partial charge in [-0.05, 0) is 0 Å². The topological polar surface area (TPSA) is 41.6 Å². The SMILES string of the molecule is CONC(=O)N1CCSC(C)C1. The first-order valence-electron chi connectivity index (χ1n) is 3.93. The van der Waals surface area contributed by atoms with Crippen LogP contribution in [0.2, 0.25) is 0 Å². The van der Waals surface area contributed by atoms with Crippen molar-refractivity contribution < 1.29 is 9.63 Å². The summed E-state index contributed by atoms with van der Waals surface area (Å²) in [5, 5.41) is 0.529. The number of thioether (sulfide) groups is 1. The molecule has 70 valence electrons. The van der Waals surface area contributed by atoms with E-state index in [1.54, 1.807) is 4.90 Å². The van der Waals surface area contributed by atoms with Crippen molar-refractivity contribution in [1.29, 1.82) is 0 Å². The van der Waals surface area contributed by atoms with Crippen LogP contribution in [0, 0.1) is 0 Å². The Balaban J connectivity index is 2.35. The molecule has 0 aromatic rings. The van der Waals surface area contributed by atoms with Gasteiger partial charge < -0.3 is 4.90 Å². The molecule has 0 radical (unpaired) electrons. The van der Waals surface area contributed by atoms with E-state index in [2.05, 4.69) is 17.2 Å². The molecular formula is C7H14N2O2S. The van der Waals surface area contributed by atoms with E-state index in [9.17, 15) is 4.79 Å². The van der Waals surface area contributed by atoms with E-state index >= 15 is 0 Å². The Bertz CT molecular complexity index is 165. The van der Waals surface area contributed by atoms with Crippen LogP contribution in [-0.4, -0.2) is 42.1 Å². The predicted molar refractivity (Wildman–Crippen MR) is 49.0 cm³/mol. The Kier molecular flexibility index (Phi) is 3.68. The lowest BCUT2D eigenvalue weighted by Crippen LogP contribution is -2.46. The van der Waals surface area contributed by atoms with E-state index in [1.165, 1.54) is 7.11 Å². The smallest absolute Gasteiger partial charge is 0.321 e. The van der Waals surface area contributed by atoms with Crippen LogP contribution in [-0.2, 0) is 4.84 Å². The lowest BCUT2D eigenvalue weighted by molar-refractivity contribution is 0.0875. The molecule has 0 aromatic carbocycles. The number of hydrogen-bond acceptors (Lipinski definition) is 3. The van der Waals surface area contributed by atoms with E-state index in [0.29, 0.717) is 5.25 Å². The molecule has 1 saturated heterocycles. The van der Waals surface area contributed by atoms with Crippen LogP contribution in [0.4, 0.5) is 4.79 Å². The summed E-state index contributed by atoms with van der Waals surface area (Å²) >= 11 is 1.89. The zero-order chi connectivity index (χ0) is 8.97. The van der Waals surface area contributed by atoms with Gasteiger partial charge in [-0.15, -0.1) is 0 Å². The van der Waals surface area contributed by atoms with Gasteiger partial charge in [0.15, 0.2) is 0 Å². The predicted octanol–water partition coefficient (Wildman–Crippen LogP) is 0.695. The first-order chi connectivity index (χ1) is 5.74. The Morgan fingerprint density at radius 1 is 1.75 bits per heavy atom. The number of nitrogens with one attached hydrogen (secondary N) is 1. The van der Waals surface area contributed by atoms with Crippen molar-refractivity contribution in [3.05, 3.63) is 0 Å². The highest BCUT2D eigenvalue weighted by Crippen LogP contribution is 2.17. The maximum atomic E-state index is 11.2. The van der Waals surface area contributed by atoms with Crippen molar-refractivity contribution in [2.75, 3.05) is 26.0 Å². The molecule has 4 nitrogen and oxygen atoms in total. The van der Waals surface area contributed by atoms with Crippen LogP contribution < -0.4 is 5.48 Å². The number of hydrogen-bond donors (Lipinski definition) is 1. The third kappa shape index (κ3) is 2.57. The number of amides is 2. The fourth-order valence-corrected chi connectivity index (χ4v) is 2.17. The van der Waals surface area contributed by atoms with Crippen molar-refractivity contribution in [2.24, 2.45) is 0 Å². The van der Waals surface area contributed by atoms with Gasteiger partial charge in [-0.2, -0.15) is 11.8 Å². The summed E-state index contributed by atoms with van der Waals surface area (Å²) in [6.07, 6.45) is 0. The summed E-state index contributed by atoms with van der Waals surface area (Å²) in [6, 6.07) is -0.135. The molecule has 1 aliphatic heterocycles. The molecule has 2 amide bonds. The minimum Gasteiger partial charge on any atom is -0.321 e. The Morgan fingerprint density at radius 3 is 3.08 bits per heavy atom. The van der Waals surface area contributed by atoms with Crippen LogP contribution >= 0.6 is 11.8 Å². The minimum absolute atomic E-state index is 0.135. The number of rotatable bonds is 1. The molecule has 0 bridgehead atoms. The largest absolute Gasteiger partial charge is 0.341 e. The van der Waals surface area contributed by atoms with Gasteiger partial charge in [0.05, 0.1) is 7.11 Å². The van der Waals surface area contributed by atoms with Crippen molar-refractivity contribution in [3.8, 4) is 0 Å². The minimum atomic E-state index is -0.135. The summed E-state index contributed by atoms with van der Waals surface area (Å²) in [5.74, 6) is 1.01. The normalized spacial score (nSPS) is 23.8. The zero-order valence-corrected chi connectivity index (χ0v) is 8.19. The van der Waals surface area contributed by atoms with Gasteiger partial charge >= 0.3 is 6.03 Å². The molecular weight excluding hydrogens is 176 g/mol. The van der Waals surface area contributed by atoms with E-state index in [-0.39, 0.29) is 6.03 Å². The molecule has 0 aromatic heterocycles. The average molecular weight is 190 g/mol. The highest BCUT2D eigenvalue weighted by molar-refractivity contribution is 7.99. The summed E-state index contributed by atoms with van der Waals surface area (Å²) in [4.78, 5) is 17.5. The van der Waals surface area contributed by atoms with Crippen molar-refractivity contribution in [1.82, 2.24) is 10.4 Å². The van der Waals surface area contributed by atoms with E-state index < -0.39 is 0 Å². The van der Waals surface area contributed by atoms with Gasteiger partial charge in [0.1, 0.15) is 0 Å². The van der Waals surface area contributed by atoms with Gasteiger partial charge in [0, 0.05) is 24.1 Å². The van der Waals surface area contributed by atoms with Crippen molar-refractivity contribution in [3.63, 3.8) is 0 Å². The number of hydroxylamine groups is 1. The number of nitrogens with zero attached hydrogens (tertiary/aromatic N) is 1. The van der Waals surface area contributed by atoms with Crippen LogP contribution in [0.3, 0.4) is 0 Å². The fourth-order valence-electron chi connectivity index (χ4n) is 1.15. The molecule has 1 heterocycles. The van der Waals surface area contributed by atoms with Gasteiger partial charge in [-0.3, -0.25) is 4.84 Å². The van der Waals surface area contributed by atoms with Gasteiger partial charge in [-0.25, -0.2) is 10.3 Å². The molecule has 0 aliphatic carbocycles.